The number of rotatable bonds is 1. The lowest BCUT2D eigenvalue weighted by Crippen LogP contribution is -2.41. The van der Waals surface area contributed by atoms with Crippen molar-refractivity contribution in [2.24, 2.45) is 4.99 Å². The van der Waals surface area contributed by atoms with E-state index in [1.54, 1.807) is 51.2 Å². The van der Waals surface area contributed by atoms with Crippen LogP contribution < -0.4 is 10.6 Å². The number of likely N-dealkylation sites (N-methyl/N-ethyl adjacent to an activating group) is 1. The van der Waals surface area contributed by atoms with Gasteiger partial charge in [-0.05, 0) is 54.0 Å². The average molecular weight is 390 g/mol. The van der Waals surface area contributed by atoms with Crippen LogP contribution in [0.4, 0.5) is 15.8 Å². The van der Waals surface area contributed by atoms with E-state index in [-0.39, 0.29) is 5.91 Å². The summed E-state index contributed by atoms with van der Waals surface area (Å²) >= 11 is 3.48. The molecule has 0 aliphatic carbocycles. The predicted molar refractivity (Wildman–Crippen MR) is 98.1 cm³/mol. The zero-order valence-electron chi connectivity index (χ0n) is 13.6. The van der Waals surface area contributed by atoms with Gasteiger partial charge in [0, 0.05) is 28.3 Å². The third kappa shape index (κ3) is 2.51. The minimum atomic E-state index is -1.04. The first-order valence-corrected chi connectivity index (χ1v) is 8.24. The topological polar surface area (TPSA) is 58.7 Å². The Hall–Kier alpha value is -2.21. The number of fused-ring (bicyclic) bond motifs is 1. The fourth-order valence-electron chi connectivity index (χ4n) is 2.90. The van der Waals surface area contributed by atoms with Crippen molar-refractivity contribution in [1.82, 2.24) is 0 Å². The Kier molecular flexibility index (Phi) is 3.95. The highest BCUT2D eigenvalue weighted by molar-refractivity contribution is 9.10. The van der Waals surface area contributed by atoms with Gasteiger partial charge in [0.1, 0.15) is 11.4 Å². The molecule has 3 rings (SSSR count). The second-order valence-electron chi connectivity index (χ2n) is 6.22. The van der Waals surface area contributed by atoms with E-state index < -0.39 is 11.4 Å². The Bertz CT molecular complexity index is 877. The lowest BCUT2D eigenvalue weighted by molar-refractivity contribution is -0.122. The van der Waals surface area contributed by atoms with Crippen LogP contribution in [0.25, 0.3) is 0 Å². The highest BCUT2D eigenvalue weighted by atomic mass is 79.9. The molecule has 2 aromatic rings. The molecule has 0 unspecified atom stereocenters. The normalized spacial score (nSPS) is 16.5. The first-order valence-electron chi connectivity index (χ1n) is 7.45. The highest BCUT2D eigenvalue weighted by Crippen LogP contribution is 2.39. The molecule has 6 heteroatoms. The first kappa shape index (κ1) is 16.6. The fourth-order valence-corrected chi connectivity index (χ4v) is 3.50. The van der Waals surface area contributed by atoms with Crippen LogP contribution in [0.3, 0.4) is 0 Å². The number of anilines is 2. The van der Waals surface area contributed by atoms with Gasteiger partial charge in [-0.2, -0.15) is 0 Å². The molecule has 0 aromatic heterocycles. The van der Waals surface area contributed by atoms with Crippen LogP contribution >= 0.6 is 15.9 Å². The minimum Gasteiger partial charge on any atom is -0.398 e. The van der Waals surface area contributed by atoms with E-state index in [9.17, 15) is 9.18 Å². The fraction of sp³-hybridized carbons (Fsp3) is 0.222. The van der Waals surface area contributed by atoms with Crippen molar-refractivity contribution in [1.29, 1.82) is 0 Å². The van der Waals surface area contributed by atoms with Gasteiger partial charge in [-0.1, -0.05) is 12.1 Å². The van der Waals surface area contributed by atoms with Gasteiger partial charge in [-0.25, -0.2) is 4.39 Å². The number of benzodiazepines with no additional fused rings is 1. The standard InChI is InChI=1S/C18H17BrFN3O/c1-18(2)17(24)23(3)16-11(19)8-9-13(21)14(16)15(22-18)10-6-4-5-7-12(10)20/h4-9H,21H2,1-3H3. The van der Waals surface area contributed by atoms with E-state index in [1.807, 2.05) is 0 Å². The lowest BCUT2D eigenvalue weighted by Gasteiger charge is -2.25. The number of nitrogen functional groups attached to an aromatic ring is 1. The van der Waals surface area contributed by atoms with Crippen LogP contribution in [0, 0.1) is 5.82 Å². The van der Waals surface area contributed by atoms with Gasteiger partial charge in [-0.3, -0.25) is 9.79 Å². The molecule has 0 saturated heterocycles. The van der Waals surface area contributed by atoms with Crippen LogP contribution in [-0.4, -0.2) is 24.2 Å². The molecule has 2 N–H and O–H groups in total. The van der Waals surface area contributed by atoms with E-state index in [4.69, 9.17) is 5.73 Å². The molecular weight excluding hydrogens is 373 g/mol. The third-order valence-corrected chi connectivity index (χ3v) is 4.72. The van der Waals surface area contributed by atoms with E-state index in [2.05, 4.69) is 20.9 Å². The minimum absolute atomic E-state index is 0.193. The maximum Gasteiger partial charge on any atom is 0.254 e. The summed E-state index contributed by atoms with van der Waals surface area (Å²) in [7, 11) is 1.67. The Labute approximate surface area is 148 Å². The van der Waals surface area contributed by atoms with Gasteiger partial charge in [0.2, 0.25) is 0 Å². The molecule has 1 heterocycles. The summed E-state index contributed by atoms with van der Waals surface area (Å²) in [6.07, 6.45) is 0. The summed E-state index contributed by atoms with van der Waals surface area (Å²) in [5, 5.41) is 0. The largest absolute Gasteiger partial charge is 0.398 e. The number of benzene rings is 2. The molecule has 0 bridgehead atoms. The SMILES string of the molecule is CN1C(=O)C(C)(C)N=C(c2ccccc2F)c2c(N)ccc(Br)c21. The molecule has 1 amide bonds. The number of carbonyl (C=O) groups is 1. The summed E-state index contributed by atoms with van der Waals surface area (Å²) in [6, 6.07) is 9.85. The van der Waals surface area contributed by atoms with Crippen molar-refractivity contribution in [3.8, 4) is 0 Å². The maximum atomic E-state index is 14.4. The van der Waals surface area contributed by atoms with E-state index in [0.29, 0.717) is 32.7 Å². The number of nitrogens with zero attached hydrogens (tertiary/aromatic N) is 2. The van der Waals surface area contributed by atoms with E-state index >= 15 is 0 Å². The van der Waals surface area contributed by atoms with Gasteiger partial charge in [0.05, 0.1) is 11.4 Å². The maximum absolute atomic E-state index is 14.4. The van der Waals surface area contributed by atoms with E-state index in [0.717, 1.165) is 0 Å². The summed E-state index contributed by atoms with van der Waals surface area (Å²) in [5.41, 5.74) is 7.43. The van der Waals surface area contributed by atoms with Crippen molar-refractivity contribution in [2.45, 2.75) is 19.4 Å². The van der Waals surface area contributed by atoms with Gasteiger partial charge < -0.3 is 10.6 Å². The van der Waals surface area contributed by atoms with E-state index in [1.165, 1.54) is 11.0 Å². The van der Waals surface area contributed by atoms with Crippen molar-refractivity contribution in [3.05, 3.63) is 57.8 Å². The summed E-state index contributed by atoms with van der Waals surface area (Å²) in [4.78, 5) is 18.9. The van der Waals surface area contributed by atoms with Gasteiger partial charge in [0.15, 0.2) is 0 Å². The molecule has 1 aliphatic rings. The van der Waals surface area contributed by atoms with Gasteiger partial charge >= 0.3 is 0 Å². The van der Waals surface area contributed by atoms with Crippen molar-refractivity contribution < 1.29 is 9.18 Å². The number of hydrogen-bond acceptors (Lipinski definition) is 3. The zero-order chi connectivity index (χ0) is 17.6. The highest BCUT2D eigenvalue weighted by Gasteiger charge is 2.38. The second-order valence-corrected chi connectivity index (χ2v) is 7.08. The lowest BCUT2D eigenvalue weighted by atomic mass is 9.98. The number of hydrogen-bond donors (Lipinski definition) is 1. The third-order valence-electron chi connectivity index (χ3n) is 4.08. The van der Waals surface area contributed by atoms with Crippen LogP contribution in [0.2, 0.25) is 0 Å². The molecule has 2 aromatic carbocycles. The Balaban J connectivity index is 2.43. The number of carbonyl (C=O) groups excluding carboxylic acids is 1. The molecule has 0 atom stereocenters. The zero-order valence-corrected chi connectivity index (χ0v) is 15.2. The molecule has 24 heavy (non-hydrogen) atoms. The molecule has 1 aliphatic heterocycles. The monoisotopic (exact) mass is 389 g/mol. The Morgan fingerprint density at radius 3 is 2.54 bits per heavy atom. The van der Waals surface area contributed by atoms with Crippen LogP contribution in [0.1, 0.15) is 25.0 Å². The first-order chi connectivity index (χ1) is 11.2. The van der Waals surface area contributed by atoms with Crippen LogP contribution in [-0.2, 0) is 4.79 Å². The molecule has 0 radical (unpaired) electrons. The summed E-state index contributed by atoms with van der Waals surface area (Å²) < 4.78 is 15.1. The van der Waals surface area contributed by atoms with Gasteiger partial charge in [-0.15, -0.1) is 0 Å². The average Bonchev–Trinajstić information content (AvgIpc) is 2.61. The molecular formula is C18H17BrFN3O. The molecule has 124 valence electrons. The van der Waals surface area contributed by atoms with Crippen LogP contribution in [0.5, 0.6) is 0 Å². The number of nitrogens with two attached hydrogens (primary N) is 1. The quantitative estimate of drug-likeness (QED) is 0.754. The smallest absolute Gasteiger partial charge is 0.254 e. The predicted octanol–water partition coefficient (Wildman–Crippen LogP) is 3.76. The summed E-state index contributed by atoms with van der Waals surface area (Å²) in [5.74, 6) is -0.601. The molecule has 0 spiro atoms. The van der Waals surface area contributed by atoms with Crippen molar-refractivity contribution in [3.63, 3.8) is 0 Å². The number of aliphatic imine (C=N–C) groups is 1. The van der Waals surface area contributed by atoms with Crippen LogP contribution in [0.15, 0.2) is 45.9 Å². The summed E-state index contributed by atoms with van der Waals surface area (Å²) in [6.45, 7) is 3.42. The van der Waals surface area contributed by atoms with Crippen molar-refractivity contribution in [2.75, 3.05) is 17.7 Å². The number of halogens is 2. The number of amides is 1. The molecule has 0 saturated carbocycles. The molecule has 4 nitrogen and oxygen atoms in total. The molecule has 0 fully saturated rings. The second kappa shape index (κ2) is 5.70. The Morgan fingerprint density at radius 2 is 1.88 bits per heavy atom. The van der Waals surface area contributed by atoms with Crippen molar-refractivity contribution >= 4 is 38.9 Å². The Morgan fingerprint density at radius 1 is 1.21 bits per heavy atom. The van der Waals surface area contributed by atoms with Gasteiger partial charge in [0.25, 0.3) is 5.91 Å².